The molecule has 2 heterocycles. The molecule has 0 aromatic carbocycles. The molecule has 2 aliphatic rings. The summed E-state index contributed by atoms with van der Waals surface area (Å²) >= 11 is 0. The Morgan fingerprint density at radius 2 is 2.19 bits per heavy atom. The fraction of sp³-hybridized carbons (Fsp3) is 0.929. The van der Waals surface area contributed by atoms with E-state index in [4.69, 9.17) is 4.74 Å². The lowest BCUT2D eigenvalue weighted by molar-refractivity contribution is -0.134. The van der Waals surface area contributed by atoms with E-state index in [0.29, 0.717) is 31.9 Å². The number of rotatable bonds is 7. The first kappa shape index (κ1) is 16.7. The second kappa shape index (κ2) is 7.56. The van der Waals surface area contributed by atoms with Gasteiger partial charge in [0.25, 0.3) is 0 Å². The van der Waals surface area contributed by atoms with E-state index < -0.39 is 9.84 Å². The fourth-order valence-electron chi connectivity index (χ4n) is 3.15. The lowest BCUT2D eigenvalue weighted by Gasteiger charge is -2.28. The van der Waals surface area contributed by atoms with Crippen molar-refractivity contribution in [2.45, 2.75) is 31.7 Å². The second-order valence-electron chi connectivity index (χ2n) is 6.03. The molecular formula is C14H26N2O4S. The van der Waals surface area contributed by atoms with Crippen LogP contribution in [0.3, 0.4) is 0 Å². The maximum atomic E-state index is 12.5. The lowest BCUT2D eigenvalue weighted by atomic mass is 10.0. The first-order valence-corrected chi connectivity index (χ1v) is 9.53. The maximum Gasteiger partial charge on any atom is 0.222 e. The van der Waals surface area contributed by atoms with Crippen LogP contribution in [0.2, 0.25) is 0 Å². The van der Waals surface area contributed by atoms with Crippen LogP contribution in [0, 0.1) is 5.92 Å². The number of amides is 1. The quantitative estimate of drug-likeness (QED) is 0.717. The monoisotopic (exact) mass is 318 g/mol. The highest BCUT2D eigenvalue weighted by atomic mass is 32.2. The van der Waals surface area contributed by atoms with Gasteiger partial charge in [0.1, 0.15) is 0 Å². The third-order valence-electron chi connectivity index (χ3n) is 4.43. The van der Waals surface area contributed by atoms with Crippen LogP contribution in [0.25, 0.3) is 0 Å². The molecule has 2 saturated heterocycles. The SMILES string of the molecule is COCCN(C(=O)CCC1CCNC1)C1CCS(=O)(=O)C1. The van der Waals surface area contributed by atoms with E-state index in [1.54, 1.807) is 12.0 Å². The highest BCUT2D eigenvalue weighted by Crippen LogP contribution is 2.21. The van der Waals surface area contributed by atoms with Crippen molar-refractivity contribution in [3.63, 3.8) is 0 Å². The molecule has 2 aliphatic heterocycles. The van der Waals surface area contributed by atoms with Crippen LogP contribution >= 0.6 is 0 Å². The number of nitrogens with zero attached hydrogens (tertiary/aromatic N) is 1. The Hall–Kier alpha value is -0.660. The van der Waals surface area contributed by atoms with E-state index in [1.807, 2.05) is 0 Å². The largest absolute Gasteiger partial charge is 0.383 e. The minimum absolute atomic E-state index is 0.0704. The van der Waals surface area contributed by atoms with Crippen LogP contribution in [0.15, 0.2) is 0 Å². The van der Waals surface area contributed by atoms with Gasteiger partial charge in [-0.2, -0.15) is 0 Å². The Labute approximate surface area is 127 Å². The first-order chi connectivity index (χ1) is 10.0. The zero-order chi connectivity index (χ0) is 15.3. The molecule has 2 atom stereocenters. The Balaban J connectivity index is 1.89. The van der Waals surface area contributed by atoms with Gasteiger partial charge < -0.3 is 15.0 Å². The summed E-state index contributed by atoms with van der Waals surface area (Å²) in [6.07, 6.45) is 3.08. The second-order valence-corrected chi connectivity index (χ2v) is 8.26. The summed E-state index contributed by atoms with van der Waals surface area (Å²) in [6, 6.07) is -0.167. The zero-order valence-corrected chi connectivity index (χ0v) is 13.5. The number of sulfone groups is 1. The van der Waals surface area contributed by atoms with Crippen LogP contribution in [0.5, 0.6) is 0 Å². The molecule has 2 rings (SSSR count). The molecule has 7 heteroatoms. The first-order valence-electron chi connectivity index (χ1n) is 7.71. The summed E-state index contributed by atoms with van der Waals surface area (Å²) < 4.78 is 28.3. The van der Waals surface area contributed by atoms with Crippen molar-refractivity contribution in [1.29, 1.82) is 0 Å². The number of carbonyl (C=O) groups excluding carboxylic acids is 1. The summed E-state index contributed by atoms with van der Waals surface area (Å²) in [5.41, 5.74) is 0. The number of methoxy groups -OCH3 is 1. The molecule has 1 amide bonds. The van der Waals surface area contributed by atoms with Crippen molar-refractivity contribution in [1.82, 2.24) is 10.2 Å². The zero-order valence-electron chi connectivity index (χ0n) is 12.7. The van der Waals surface area contributed by atoms with E-state index in [0.717, 1.165) is 25.9 Å². The number of hydrogen-bond acceptors (Lipinski definition) is 5. The van der Waals surface area contributed by atoms with Crippen molar-refractivity contribution in [2.75, 3.05) is 44.9 Å². The van der Waals surface area contributed by atoms with Crippen LogP contribution in [0.1, 0.15) is 25.7 Å². The van der Waals surface area contributed by atoms with Crippen molar-refractivity contribution < 1.29 is 17.9 Å². The van der Waals surface area contributed by atoms with Crippen molar-refractivity contribution in [3.05, 3.63) is 0 Å². The van der Waals surface area contributed by atoms with E-state index >= 15 is 0 Å². The van der Waals surface area contributed by atoms with Gasteiger partial charge in [0, 0.05) is 26.1 Å². The molecule has 0 bridgehead atoms. The minimum Gasteiger partial charge on any atom is -0.383 e. The summed E-state index contributed by atoms with van der Waals surface area (Å²) in [4.78, 5) is 14.2. The van der Waals surface area contributed by atoms with Gasteiger partial charge in [-0.1, -0.05) is 0 Å². The third kappa shape index (κ3) is 4.93. The van der Waals surface area contributed by atoms with Gasteiger partial charge in [-0.05, 0) is 38.3 Å². The standard InChI is InChI=1S/C14H26N2O4S/c1-20-8-7-16(13-5-9-21(18,19)11-13)14(17)3-2-12-4-6-15-10-12/h12-13,15H,2-11H2,1H3. The molecule has 2 fully saturated rings. The average Bonchev–Trinajstić information content (AvgIpc) is 3.06. The van der Waals surface area contributed by atoms with Crippen molar-refractivity contribution >= 4 is 15.7 Å². The van der Waals surface area contributed by atoms with Gasteiger partial charge in [-0.15, -0.1) is 0 Å². The summed E-state index contributed by atoms with van der Waals surface area (Å²) in [6.45, 7) is 2.96. The molecule has 1 N–H and O–H groups in total. The van der Waals surface area contributed by atoms with Crippen molar-refractivity contribution in [3.8, 4) is 0 Å². The van der Waals surface area contributed by atoms with E-state index in [-0.39, 0.29) is 23.5 Å². The van der Waals surface area contributed by atoms with Crippen LogP contribution in [0.4, 0.5) is 0 Å². The number of ether oxygens (including phenoxy) is 1. The smallest absolute Gasteiger partial charge is 0.222 e. The highest BCUT2D eigenvalue weighted by Gasteiger charge is 2.34. The molecule has 0 spiro atoms. The molecule has 6 nitrogen and oxygen atoms in total. The Kier molecular flexibility index (Phi) is 6.01. The van der Waals surface area contributed by atoms with Gasteiger partial charge in [0.05, 0.1) is 18.1 Å². The minimum atomic E-state index is -2.97. The molecule has 0 radical (unpaired) electrons. The normalized spacial score (nSPS) is 27.9. The molecule has 0 aromatic heterocycles. The van der Waals surface area contributed by atoms with E-state index in [9.17, 15) is 13.2 Å². The summed E-state index contributed by atoms with van der Waals surface area (Å²) in [7, 11) is -1.38. The fourth-order valence-corrected chi connectivity index (χ4v) is 4.88. The molecular weight excluding hydrogens is 292 g/mol. The van der Waals surface area contributed by atoms with Gasteiger partial charge >= 0.3 is 0 Å². The Bertz CT molecular complexity index is 446. The maximum absolute atomic E-state index is 12.5. The molecule has 0 saturated carbocycles. The predicted molar refractivity (Wildman–Crippen MR) is 80.9 cm³/mol. The number of carbonyl (C=O) groups is 1. The Morgan fingerprint density at radius 3 is 2.76 bits per heavy atom. The summed E-state index contributed by atoms with van der Waals surface area (Å²) in [5.74, 6) is 0.945. The molecule has 2 unspecified atom stereocenters. The lowest BCUT2D eigenvalue weighted by Crippen LogP contribution is -2.43. The van der Waals surface area contributed by atoms with Gasteiger partial charge in [-0.3, -0.25) is 4.79 Å². The predicted octanol–water partition coefficient (Wildman–Crippen LogP) is 0.0382. The number of hydrogen-bond donors (Lipinski definition) is 1. The Morgan fingerprint density at radius 1 is 1.38 bits per heavy atom. The van der Waals surface area contributed by atoms with Crippen LogP contribution < -0.4 is 5.32 Å². The van der Waals surface area contributed by atoms with Crippen LogP contribution in [-0.2, 0) is 19.4 Å². The third-order valence-corrected chi connectivity index (χ3v) is 6.19. The molecule has 21 heavy (non-hydrogen) atoms. The highest BCUT2D eigenvalue weighted by molar-refractivity contribution is 7.91. The molecule has 0 aromatic rings. The van der Waals surface area contributed by atoms with Gasteiger partial charge in [-0.25, -0.2) is 8.42 Å². The molecule has 0 aliphatic carbocycles. The van der Waals surface area contributed by atoms with Gasteiger partial charge in [0.2, 0.25) is 5.91 Å². The van der Waals surface area contributed by atoms with Crippen LogP contribution in [-0.4, -0.2) is 70.1 Å². The van der Waals surface area contributed by atoms with Gasteiger partial charge in [0.15, 0.2) is 9.84 Å². The van der Waals surface area contributed by atoms with E-state index in [1.165, 1.54) is 0 Å². The summed E-state index contributed by atoms with van der Waals surface area (Å²) in [5, 5.41) is 3.30. The average molecular weight is 318 g/mol. The van der Waals surface area contributed by atoms with E-state index in [2.05, 4.69) is 5.32 Å². The van der Waals surface area contributed by atoms with Crippen molar-refractivity contribution in [2.24, 2.45) is 5.92 Å². The topological polar surface area (TPSA) is 75.7 Å². The number of nitrogens with one attached hydrogen (secondary N) is 1. The molecule has 122 valence electrons.